The number of aryl methyl sites for hydroxylation is 1. The number of carbonyl (C=O) groups excluding carboxylic acids is 1. The van der Waals surface area contributed by atoms with Crippen LogP contribution < -0.4 is 0 Å². The lowest BCUT2D eigenvalue weighted by atomic mass is 9.92. The molecule has 0 unspecified atom stereocenters. The molecule has 3 aromatic rings. The van der Waals surface area contributed by atoms with Crippen molar-refractivity contribution in [2.24, 2.45) is 11.8 Å². The Kier molecular flexibility index (Phi) is 5.44. The third-order valence-corrected chi connectivity index (χ3v) is 6.70. The van der Waals surface area contributed by atoms with Gasteiger partial charge in [-0.1, -0.05) is 49.3 Å². The summed E-state index contributed by atoms with van der Waals surface area (Å²) in [7, 11) is 0. The van der Waals surface area contributed by atoms with Crippen molar-refractivity contribution in [3.63, 3.8) is 0 Å². The van der Waals surface area contributed by atoms with E-state index in [0.717, 1.165) is 33.8 Å². The average molecular weight is 413 g/mol. The maximum Gasteiger partial charge on any atom is 0.271 e. The van der Waals surface area contributed by atoms with Crippen LogP contribution in [0.25, 0.3) is 10.9 Å². The molecule has 0 aliphatic carbocycles. The molecule has 1 saturated heterocycles. The first-order valence-corrected chi connectivity index (χ1v) is 10.9. The van der Waals surface area contributed by atoms with Crippen LogP contribution in [0, 0.1) is 18.8 Å². The highest BCUT2D eigenvalue weighted by molar-refractivity contribution is 7.99. The van der Waals surface area contributed by atoms with Gasteiger partial charge in [0.2, 0.25) is 0 Å². The predicted octanol–water partition coefficient (Wildman–Crippen LogP) is 6.40. The van der Waals surface area contributed by atoms with E-state index in [0.29, 0.717) is 22.6 Å². The molecule has 3 nitrogen and oxygen atoms in total. The molecule has 1 amide bonds. The van der Waals surface area contributed by atoms with Gasteiger partial charge in [-0.3, -0.25) is 4.79 Å². The molecule has 1 N–H and O–H groups in total. The minimum Gasteiger partial charge on any atom is -0.350 e. The smallest absolute Gasteiger partial charge is 0.271 e. The molecule has 1 aliphatic heterocycles. The van der Waals surface area contributed by atoms with Crippen molar-refractivity contribution < 1.29 is 4.79 Å². The molecule has 0 bridgehead atoms. The number of fused-ring (bicyclic) bond motifs is 1. The van der Waals surface area contributed by atoms with Gasteiger partial charge in [-0.25, -0.2) is 0 Å². The molecule has 2 atom stereocenters. The second-order valence-corrected chi connectivity index (χ2v) is 9.61. The summed E-state index contributed by atoms with van der Waals surface area (Å²) >= 11 is 7.66. The van der Waals surface area contributed by atoms with Gasteiger partial charge < -0.3 is 9.88 Å². The molecular formula is C23H25ClN2OS. The Morgan fingerprint density at radius 1 is 1.11 bits per heavy atom. The molecule has 2 aromatic carbocycles. The maximum atomic E-state index is 13.5. The van der Waals surface area contributed by atoms with Gasteiger partial charge in [-0.05, 0) is 61.1 Å². The minimum absolute atomic E-state index is 0.101. The quantitative estimate of drug-likeness (QED) is 0.540. The summed E-state index contributed by atoms with van der Waals surface area (Å²) in [5.74, 6) is 1.17. The average Bonchev–Trinajstić information content (AvgIpc) is 2.99. The van der Waals surface area contributed by atoms with Crippen LogP contribution in [0.5, 0.6) is 0 Å². The molecule has 1 aliphatic rings. The fourth-order valence-electron chi connectivity index (χ4n) is 4.15. The standard InChI is InChI=1S/C23H25ClN2OS/c1-14-4-9-19-20(11-14)25-21(22(19)28-18-7-5-17(24)6-8-18)23(27)26-12-15(2)10-16(3)13-26/h4-9,11,15-16,25H,10,12-13H2,1-3H3/t15-,16-/m0/s1. The maximum absolute atomic E-state index is 13.5. The lowest BCUT2D eigenvalue weighted by Crippen LogP contribution is -2.42. The van der Waals surface area contributed by atoms with E-state index in [4.69, 9.17) is 11.6 Å². The van der Waals surface area contributed by atoms with Crippen molar-refractivity contribution in [1.29, 1.82) is 0 Å². The summed E-state index contributed by atoms with van der Waals surface area (Å²) in [5.41, 5.74) is 2.88. The van der Waals surface area contributed by atoms with Crippen LogP contribution in [0.15, 0.2) is 52.3 Å². The summed E-state index contributed by atoms with van der Waals surface area (Å²) in [5, 5.41) is 1.80. The second kappa shape index (κ2) is 7.84. The summed E-state index contributed by atoms with van der Waals surface area (Å²) in [6.45, 7) is 8.18. The SMILES string of the molecule is Cc1ccc2c(Sc3ccc(Cl)cc3)c(C(=O)N3C[C@@H](C)C[C@H](C)C3)[nH]c2c1. The summed E-state index contributed by atoms with van der Waals surface area (Å²) in [6, 6.07) is 14.1. The molecule has 0 radical (unpaired) electrons. The van der Waals surface area contributed by atoms with E-state index < -0.39 is 0 Å². The summed E-state index contributed by atoms with van der Waals surface area (Å²) in [6.07, 6.45) is 1.18. The van der Waals surface area contributed by atoms with E-state index >= 15 is 0 Å². The van der Waals surface area contributed by atoms with Crippen molar-refractivity contribution in [1.82, 2.24) is 9.88 Å². The highest BCUT2D eigenvalue weighted by Crippen LogP contribution is 2.38. The second-order valence-electron chi connectivity index (χ2n) is 8.09. The number of nitrogens with zero attached hydrogens (tertiary/aromatic N) is 1. The zero-order valence-electron chi connectivity index (χ0n) is 16.5. The molecule has 1 fully saturated rings. The lowest BCUT2D eigenvalue weighted by Gasteiger charge is -2.34. The molecule has 0 saturated carbocycles. The number of aromatic amines is 1. The number of nitrogens with one attached hydrogen (secondary N) is 1. The number of halogens is 1. The lowest BCUT2D eigenvalue weighted by molar-refractivity contribution is 0.0614. The Morgan fingerprint density at radius 3 is 2.46 bits per heavy atom. The molecule has 4 rings (SSSR count). The van der Waals surface area contributed by atoms with Crippen LogP contribution in [0.1, 0.15) is 36.3 Å². The van der Waals surface area contributed by atoms with Gasteiger partial charge >= 0.3 is 0 Å². The van der Waals surface area contributed by atoms with Crippen LogP contribution in [0.2, 0.25) is 5.02 Å². The third kappa shape index (κ3) is 3.94. The summed E-state index contributed by atoms with van der Waals surface area (Å²) < 4.78 is 0. The first-order chi connectivity index (χ1) is 13.4. The zero-order valence-corrected chi connectivity index (χ0v) is 18.0. The monoisotopic (exact) mass is 412 g/mol. The number of aromatic nitrogens is 1. The number of carbonyl (C=O) groups is 1. The molecule has 0 spiro atoms. The first kappa shape index (κ1) is 19.4. The number of amides is 1. The van der Waals surface area contributed by atoms with E-state index in [9.17, 15) is 4.79 Å². The Morgan fingerprint density at radius 2 is 1.79 bits per heavy atom. The van der Waals surface area contributed by atoms with Crippen LogP contribution >= 0.6 is 23.4 Å². The van der Waals surface area contributed by atoms with E-state index in [2.05, 4.69) is 44.0 Å². The van der Waals surface area contributed by atoms with Gasteiger partial charge in [0.25, 0.3) is 5.91 Å². The van der Waals surface area contributed by atoms with Gasteiger partial charge in [0.1, 0.15) is 5.69 Å². The third-order valence-electron chi connectivity index (χ3n) is 5.31. The fourth-order valence-corrected chi connectivity index (χ4v) is 5.31. The molecule has 2 heterocycles. The molecule has 5 heteroatoms. The Bertz CT molecular complexity index is 1000. The predicted molar refractivity (Wildman–Crippen MR) is 117 cm³/mol. The highest BCUT2D eigenvalue weighted by Gasteiger charge is 2.29. The van der Waals surface area contributed by atoms with E-state index in [1.165, 1.54) is 12.0 Å². The van der Waals surface area contributed by atoms with Gasteiger partial charge in [-0.15, -0.1) is 0 Å². The van der Waals surface area contributed by atoms with Crippen LogP contribution in [-0.2, 0) is 0 Å². The number of piperidine rings is 1. The van der Waals surface area contributed by atoms with Crippen molar-refractivity contribution in [3.05, 3.63) is 58.7 Å². The number of rotatable bonds is 3. The van der Waals surface area contributed by atoms with E-state index in [-0.39, 0.29) is 5.91 Å². The Labute approximate surface area is 175 Å². The molecule has 1 aromatic heterocycles. The molecule has 146 valence electrons. The fraction of sp³-hybridized carbons (Fsp3) is 0.348. The normalized spacial score (nSPS) is 19.9. The zero-order chi connectivity index (χ0) is 19.8. The molecular weight excluding hydrogens is 388 g/mol. The van der Waals surface area contributed by atoms with Crippen molar-refractivity contribution in [3.8, 4) is 0 Å². The number of H-pyrrole nitrogens is 1. The number of hydrogen-bond donors (Lipinski definition) is 1. The van der Waals surface area contributed by atoms with E-state index in [1.807, 2.05) is 29.2 Å². The van der Waals surface area contributed by atoms with Crippen LogP contribution in [-0.4, -0.2) is 28.9 Å². The topological polar surface area (TPSA) is 36.1 Å². The number of hydrogen-bond acceptors (Lipinski definition) is 2. The first-order valence-electron chi connectivity index (χ1n) is 9.75. The number of likely N-dealkylation sites (tertiary alicyclic amines) is 1. The van der Waals surface area contributed by atoms with Gasteiger partial charge in [-0.2, -0.15) is 0 Å². The largest absolute Gasteiger partial charge is 0.350 e. The minimum atomic E-state index is 0.101. The number of benzene rings is 2. The van der Waals surface area contributed by atoms with Gasteiger partial charge in [0.05, 0.1) is 4.90 Å². The Balaban J connectivity index is 1.76. The van der Waals surface area contributed by atoms with Crippen molar-refractivity contribution in [2.45, 2.75) is 37.0 Å². The van der Waals surface area contributed by atoms with Crippen molar-refractivity contribution >= 4 is 40.2 Å². The van der Waals surface area contributed by atoms with Gasteiger partial charge in [0, 0.05) is 33.9 Å². The highest BCUT2D eigenvalue weighted by atomic mass is 35.5. The van der Waals surface area contributed by atoms with Crippen molar-refractivity contribution in [2.75, 3.05) is 13.1 Å². The van der Waals surface area contributed by atoms with E-state index in [1.54, 1.807) is 11.8 Å². The van der Waals surface area contributed by atoms with Crippen LogP contribution in [0.3, 0.4) is 0 Å². The summed E-state index contributed by atoms with van der Waals surface area (Å²) in [4.78, 5) is 21.0. The van der Waals surface area contributed by atoms with Crippen LogP contribution in [0.4, 0.5) is 0 Å². The Hall–Kier alpha value is -1.91. The molecule has 28 heavy (non-hydrogen) atoms. The van der Waals surface area contributed by atoms with Gasteiger partial charge in [0.15, 0.2) is 0 Å².